The van der Waals surface area contributed by atoms with Crippen LogP contribution in [0.5, 0.6) is 0 Å². The van der Waals surface area contributed by atoms with Gasteiger partial charge in [0.1, 0.15) is 0 Å². The van der Waals surface area contributed by atoms with Crippen LogP contribution in [-0.4, -0.2) is 54.6 Å². The number of urea groups is 1. The fourth-order valence-corrected chi connectivity index (χ4v) is 3.99. The second kappa shape index (κ2) is 6.79. The monoisotopic (exact) mass is 279 g/mol. The van der Waals surface area contributed by atoms with E-state index in [2.05, 4.69) is 10.2 Å². The Labute approximate surface area is 122 Å². The van der Waals surface area contributed by atoms with Crippen LogP contribution in [0.1, 0.15) is 51.4 Å². The van der Waals surface area contributed by atoms with Crippen LogP contribution in [-0.2, 0) is 0 Å². The van der Waals surface area contributed by atoms with Crippen molar-refractivity contribution >= 4 is 6.03 Å². The SMILES string of the molecule is O=C(NC1CCCC1)N1CCC(CN2CCCC2)CC1. The fraction of sp³-hybridized carbons (Fsp3) is 0.938. The lowest BCUT2D eigenvalue weighted by atomic mass is 9.96. The number of hydrogen-bond donors (Lipinski definition) is 1. The van der Waals surface area contributed by atoms with E-state index in [1.54, 1.807) is 0 Å². The summed E-state index contributed by atoms with van der Waals surface area (Å²) in [6, 6.07) is 0.640. The van der Waals surface area contributed by atoms with Gasteiger partial charge < -0.3 is 15.1 Å². The molecular weight excluding hydrogens is 250 g/mol. The van der Waals surface area contributed by atoms with Crippen molar-refractivity contribution in [3.8, 4) is 0 Å². The number of rotatable bonds is 3. The molecule has 0 atom stereocenters. The lowest BCUT2D eigenvalue weighted by molar-refractivity contribution is 0.152. The summed E-state index contributed by atoms with van der Waals surface area (Å²) in [5.74, 6) is 0.809. The zero-order chi connectivity index (χ0) is 13.8. The largest absolute Gasteiger partial charge is 0.335 e. The smallest absolute Gasteiger partial charge is 0.317 e. The van der Waals surface area contributed by atoms with Crippen LogP contribution >= 0.6 is 0 Å². The predicted molar refractivity (Wildman–Crippen MR) is 80.8 cm³/mol. The van der Waals surface area contributed by atoms with Crippen LogP contribution < -0.4 is 5.32 Å². The topological polar surface area (TPSA) is 35.6 Å². The van der Waals surface area contributed by atoms with Gasteiger partial charge >= 0.3 is 6.03 Å². The Morgan fingerprint density at radius 2 is 1.55 bits per heavy atom. The highest BCUT2D eigenvalue weighted by atomic mass is 16.2. The van der Waals surface area contributed by atoms with Gasteiger partial charge in [-0.2, -0.15) is 0 Å². The van der Waals surface area contributed by atoms with Gasteiger partial charge in [0.05, 0.1) is 0 Å². The summed E-state index contributed by atoms with van der Waals surface area (Å²) in [5, 5.41) is 3.21. The molecule has 0 aromatic rings. The third-order valence-electron chi connectivity index (χ3n) is 5.30. The molecule has 0 aromatic carbocycles. The van der Waals surface area contributed by atoms with Crippen molar-refractivity contribution in [3.05, 3.63) is 0 Å². The molecule has 2 heterocycles. The van der Waals surface area contributed by atoms with Gasteiger partial charge in [0.2, 0.25) is 0 Å². The molecule has 0 radical (unpaired) electrons. The van der Waals surface area contributed by atoms with Crippen LogP contribution in [0.3, 0.4) is 0 Å². The Morgan fingerprint density at radius 1 is 0.900 bits per heavy atom. The Hall–Kier alpha value is -0.770. The summed E-state index contributed by atoms with van der Waals surface area (Å²) in [6.45, 7) is 5.76. The first-order valence-electron chi connectivity index (χ1n) is 8.59. The number of nitrogens with zero attached hydrogens (tertiary/aromatic N) is 2. The third-order valence-corrected chi connectivity index (χ3v) is 5.30. The molecule has 0 aromatic heterocycles. The minimum atomic E-state index is 0.191. The number of carbonyl (C=O) groups excluding carboxylic acids is 1. The number of likely N-dealkylation sites (tertiary alicyclic amines) is 2. The maximum Gasteiger partial charge on any atom is 0.317 e. The number of amides is 2. The van der Waals surface area contributed by atoms with Gasteiger partial charge in [-0.05, 0) is 57.5 Å². The normalized spacial score (nSPS) is 26.3. The molecule has 2 aliphatic heterocycles. The lowest BCUT2D eigenvalue weighted by Gasteiger charge is -2.34. The highest BCUT2D eigenvalue weighted by Gasteiger charge is 2.26. The van der Waals surface area contributed by atoms with E-state index in [1.165, 1.54) is 71.0 Å². The molecule has 0 spiro atoms. The fourth-order valence-electron chi connectivity index (χ4n) is 3.99. The first-order valence-corrected chi connectivity index (χ1v) is 8.59. The number of hydrogen-bond acceptors (Lipinski definition) is 2. The second-order valence-electron chi connectivity index (χ2n) is 6.87. The molecule has 2 amide bonds. The molecule has 3 fully saturated rings. The van der Waals surface area contributed by atoms with Gasteiger partial charge in [0.25, 0.3) is 0 Å². The molecule has 4 nitrogen and oxygen atoms in total. The molecule has 1 aliphatic carbocycles. The van der Waals surface area contributed by atoms with E-state index in [1.807, 2.05) is 4.90 Å². The van der Waals surface area contributed by atoms with Crippen LogP contribution in [0.4, 0.5) is 4.79 Å². The number of nitrogens with one attached hydrogen (secondary N) is 1. The van der Waals surface area contributed by atoms with Crippen LogP contribution in [0, 0.1) is 5.92 Å². The van der Waals surface area contributed by atoms with E-state index in [0.29, 0.717) is 6.04 Å². The van der Waals surface area contributed by atoms with Crippen molar-refractivity contribution in [2.75, 3.05) is 32.7 Å². The molecule has 1 saturated carbocycles. The summed E-state index contributed by atoms with van der Waals surface area (Å²) in [5.41, 5.74) is 0. The summed E-state index contributed by atoms with van der Waals surface area (Å²) < 4.78 is 0. The molecular formula is C16H29N3O. The van der Waals surface area contributed by atoms with Gasteiger partial charge in [-0.3, -0.25) is 0 Å². The van der Waals surface area contributed by atoms with E-state index in [0.717, 1.165) is 19.0 Å². The third kappa shape index (κ3) is 3.66. The van der Waals surface area contributed by atoms with Gasteiger partial charge in [0, 0.05) is 25.7 Å². The molecule has 3 rings (SSSR count). The number of piperidine rings is 1. The summed E-state index contributed by atoms with van der Waals surface area (Å²) in [7, 11) is 0. The van der Waals surface area contributed by atoms with Crippen molar-refractivity contribution < 1.29 is 4.79 Å². The quantitative estimate of drug-likeness (QED) is 0.861. The van der Waals surface area contributed by atoms with E-state index in [-0.39, 0.29) is 6.03 Å². The molecule has 2 saturated heterocycles. The van der Waals surface area contributed by atoms with E-state index < -0.39 is 0 Å². The van der Waals surface area contributed by atoms with E-state index in [9.17, 15) is 4.79 Å². The molecule has 0 bridgehead atoms. The standard InChI is InChI=1S/C16H29N3O/c20-16(17-15-5-1-2-6-15)19-11-7-14(8-12-19)13-18-9-3-4-10-18/h14-15H,1-13H2,(H,17,20). The molecule has 20 heavy (non-hydrogen) atoms. The maximum absolute atomic E-state index is 12.2. The zero-order valence-corrected chi connectivity index (χ0v) is 12.6. The first-order chi connectivity index (χ1) is 9.81. The predicted octanol–water partition coefficient (Wildman–Crippen LogP) is 2.45. The second-order valence-corrected chi connectivity index (χ2v) is 6.87. The molecule has 1 N–H and O–H groups in total. The van der Waals surface area contributed by atoms with Gasteiger partial charge in [-0.25, -0.2) is 4.79 Å². The Bertz CT molecular complexity index is 314. The van der Waals surface area contributed by atoms with Crippen molar-refractivity contribution in [1.29, 1.82) is 0 Å². The highest BCUT2D eigenvalue weighted by Crippen LogP contribution is 2.22. The average molecular weight is 279 g/mol. The van der Waals surface area contributed by atoms with Crippen LogP contribution in [0.2, 0.25) is 0 Å². The summed E-state index contributed by atoms with van der Waals surface area (Å²) >= 11 is 0. The Morgan fingerprint density at radius 3 is 2.20 bits per heavy atom. The first kappa shape index (κ1) is 14.2. The number of carbonyl (C=O) groups is 1. The molecule has 0 unspecified atom stereocenters. The van der Waals surface area contributed by atoms with Gasteiger partial charge in [-0.1, -0.05) is 12.8 Å². The van der Waals surface area contributed by atoms with Crippen LogP contribution in [0.15, 0.2) is 0 Å². The van der Waals surface area contributed by atoms with Crippen molar-refractivity contribution in [2.45, 2.75) is 57.4 Å². The van der Waals surface area contributed by atoms with E-state index in [4.69, 9.17) is 0 Å². The molecule has 4 heteroatoms. The van der Waals surface area contributed by atoms with Crippen molar-refractivity contribution in [3.63, 3.8) is 0 Å². The lowest BCUT2D eigenvalue weighted by Crippen LogP contribution is -2.48. The zero-order valence-electron chi connectivity index (χ0n) is 12.6. The molecule has 3 aliphatic rings. The summed E-state index contributed by atoms with van der Waals surface area (Å²) in [4.78, 5) is 16.9. The van der Waals surface area contributed by atoms with Gasteiger partial charge in [0.15, 0.2) is 0 Å². The van der Waals surface area contributed by atoms with Gasteiger partial charge in [-0.15, -0.1) is 0 Å². The maximum atomic E-state index is 12.2. The molecule has 114 valence electrons. The van der Waals surface area contributed by atoms with Crippen molar-refractivity contribution in [1.82, 2.24) is 15.1 Å². The Balaban J connectivity index is 1.37. The average Bonchev–Trinajstić information content (AvgIpc) is 3.13. The van der Waals surface area contributed by atoms with Crippen molar-refractivity contribution in [2.24, 2.45) is 5.92 Å². The minimum absolute atomic E-state index is 0.191. The Kier molecular flexibility index (Phi) is 4.81. The van der Waals surface area contributed by atoms with Crippen LogP contribution in [0.25, 0.3) is 0 Å². The minimum Gasteiger partial charge on any atom is -0.335 e. The van der Waals surface area contributed by atoms with E-state index >= 15 is 0 Å². The summed E-state index contributed by atoms with van der Waals surface area (Å²) in [6.07, 6.45) is 10.1. The highest BCUT2D eigenvalue weighted by molar-refractivity contribution is 5.74.